The van der Waals surface area contributed by atoms with Crippen LogP contribution in [0.1, 0.15) is 28.9 Å². The van der Waals surface area contributed by atoms with Crippen molar-refractivity contribution in [2.75, 3.05) is 32.7 Å². The highest BCUT2D eigenvalue weighted by molar-refractivity contribution is 5.22. The van der Waals surface area contributed by atoms with Crippen molar-refractivity contribution in [2.24, 2.45) is 0 Å². The summed E-state index contributed by atoms with van der Waals surface area (Å²) in [6, 6.07) is 21.1. The molecule has 200 valence electrons. The van der Waals surface area contributed by atoms with Crippen molar-refractivity contribution >= 4 is 0 Å². The van der Waals surface area contributed by atoms with Gasteiger partial charge in [-0.15, -0.1) is 0 Å². The van der Waals surface area contributed by atoms with E-state index in [2.05, 4.69) is 76.8 Å². The van der Waals surface area contributed by atoms with Gasteiger partial charge in [-0.1, -0.05) is 36.4 Å². The van der Waals surface area contributed by atoms with E-state index in [1.807, 2.05) is 55.4 Å². The van der Waals surface area contributed by atoms with Crippen LogP contribution in [0.15, 0.2) is 91.8 Å². The predicted octanol–water partition coefficient (Wildman–Crippen LogP) is 3.23. The van der Waals surface area contributed by atoms with Crippen LogP contribution in [0.4, 0.5) is 0 Å². The Morgan fingerprint density at radius 1 is 0.658 bits per heavy atom. The highest BCUT2D eigenvalue weighted by Gasteiger charge is 2.07. The Morgan fingerprint density at radius 3 is 1.87 bits per heavy atom. The van der Waals surface area contributed by atoms with Crippen molar-refractivity contribution in [3.8, 4) is 0 Å². The normalized spacial score (nSPS) is 11.3. The van der Waals surface area contributed by atoms with Crippen LogP contribution in [-0.2, 0) is 32.7 Å². The first-order valence-electron chi connectivity index (χ1n) is 13.5. The van der Waals surface area contributed by atoms with Gasteiger partial charge in [-0.3, -0.25) is 14.9 Å². The summed E-state index contributed by atoms with van der Waals surface area (Å²) >= 11 is 0. The second-order valence-electron chi connectivity index (χ2n) is 9.42. The fraction of sp³-hybridized carbons (Fsp3) is 0.367. The summed E-state index contributed by atoms with van der Waals surface area (Å²) in [6.07, 6.45) is 10.5. The zero-order valence-corrected chi connectivity index (χ0v) is 22.2. The fourth-order valence-corrected chi connectivity index (χ4v) is 4.24. The molecule has 0 fully saturated rings. The van der Waals surface area contributed by atoms with E-state index in [1.54, 1.807) is 0 Å². The number of hydrogen-bond acceptors (Lipinski definition) is 7. The summed E-state index contributed by atoms with van der Waals surface area (Å²) in [5.74, 6) is 0. The first-order valence-corrected chi connectivity index (χ1v) is 13.5. The Balaban J connectivity index is 1.19. The van der Waals surface area contributed by atoms with Crippen molar-refractivity contribution in [3.63, 3.8) is 0 Å². The van der Waals surface area contributed by atoms with Crippen molar-refractivity contribution in [1.82, 2.24) is 40.4 Å². The molecule has 0 aliphatic heterocycles. The molecular formula is C30H40N8. The maximum Gasteiger partial charge on any atom is 0.0945 e. The van der Waals surface area contributed by atoms with Gasteiger partial charge in [0.1, 0.15) is 0 Å². The summed E-state index contributed by atoms with van der Waals surface area (Å²) in [7, 11) is 0. The van der Waals surface area contributed by atoms with E-state index in [0.29, 0.717) is 0 Å². The molecule has 38 heavy (non-hydrogen) atoms. The van der Waals surface area contributed by atoms with Gasteiger partial charge >= 0.3 is 0 Å². The first-order chi connectivity index (χ1) is 18.8. The van der Waals surface area contributed by atoms with Gasteiger partial charge in [0, 0.05) is 83.7 Å². The van der Waals surface area contributed by atoms with Crippen molar-refractivity contribution in [3.05, 3.63) is 114 Å². The van der Waals surface area contributed by atoms with E-state index in [-0.39, 0.29) is 0 Å². The molecule has 4 rings (SSSR count). The average Bonchev–Trinajstić information content (AvgIpc) is 3.49. The molecule has 0 radical (unpaired) electrons. The third kappa shape index (κ3) is 10.5. The zero-order chi connectivity index (χ0) is 26.1. The first kappa shape index (κ1) is 27.6. The van der Waals surface area contributed by atoms with Crippen LogP contribution in [0.2, 0.25) is 0 Å². The maximum absolute atomic E-state index is 4.40. The molecule has 3 aromatic heterocycles. The number of nitrogens with one attached hydrogen (secondary N) is 3. The van der Waals surface area contributed by atoms with Crippen molar-refractivity contribution in [2.45, 2.75) is 39.1 Å². The summed E-state index contributed by atoms with van der Waals surface area (Å²) in [4.78, 5) is 15.4. The van der Waals surface area contributed by atoms with Crippen LogP contribution in [0.25, 0.3) is 0 Å². The monoisotopic (exact) mass is 512 g/mol. The van der Waals surface area contributed by atoms with Gasteiger partial charge in [0.05, 0.1) is 17.7 Å². The molecule has 8 heteroatoms. The predicted molar refractivity (Wildman–Crippen MR) is 152 cm³/mol. The van der Waals surface area contributed by atoms with Gasteiger partial charge in [-0.05, 0) is 48.4 Å². The molecule has 3 N–H and O–H groups in total. The number of nitrogens with zero attached hydrogens (tertiary/aromatic N) is 5. The minimum atomic E-state index is 0.788. The van der Waals surface area contributed by atoms with Crippen LogP contribution < -0.4 is 16.0 Å². The quantitative estimate of drug-likeness (QED) is 0.177. The molecule has 0 spiro atoms. The van der Waals surface area contributed by atoms with Gasteiger partial charge in [-0.25, -0.2) is 4.98 Å². The van der Waals surface area contributed by atoms with Gasteiger partial charge in [-0.2, -0.15) is 0 Å². The molecule has 8 nitrogen and oxygen atoms in total. The summed E-state index contributed by atoms with van der Waals surface area (Å²) in [6.45, 7) is 9.15. The SMILES string of the molecule is c1ccc(CNCCN(CCNCc2ccccn2)Cc2ccc(CNCCCn3ccnc3)cc2)nc1. The smallest absolute Gasteiger partial charge is 0.0945 e. The average molecular weight is 513 g/mol. The molecule has 0 amide bonds. The fourth-order valence-electron chi connectivity index (χ4n) is 4.24. The van der Waals surface area contributed by atoms with Crippen LogP contribution in [0.5, 0.6) is 0 Å². The number of imidazole rings is 1. The minimum Gasteiger partial charge on any atom is -0.337 e. The van der Waals surface area contributed by atoms with Crippen LogP contribution in [0.3, 0.4) is 0 Å². The topological polar surface area (TPSA) is 82.9 Å². The number of aryl methyl sites for hydroxylation is 1. The zero-order valence-electron chi connectivity index (χ0n) is 22.2. The summed E-state index contributed by atoms with van der Waals surface area (Å²) in [5.41, 5.74) is 4.80. The molecule has 0 aliphatic carbocycles. The molecule has 0 bridgehead atoms. The maximum atomic E-state index is 4.40. The largest absolute Gasteiger partial charge is 0.337 e. The molecule has 1 aromatic carbocycles. The Kier molecular flexibility index (Phi) is 11.9. The number of aromatic nitrogens is 4. The second-order valence-corrected chi connectivity index (χ2v) is 9.42. The number of pyridine rings is 2. The number of hydrogen-bond donors (Lipinski definition) is 3. The Hall–Kier alpha value is -3.43. The van der Waals surface area contributed by atoms with E-state index < -0.39 is 0 Å². The molecule has 3 heterocycles. The molecule has 0 saturated heterocycles. The van der Waals surface area contributed by atoms with E-state index in [1.165, 1.54) is 11.1 Å². The lowest BCUT2D eigenvalue weighted by Crippen LogP contribution is -2.36. The van der Waals surface area contributed by atoms with E-state index in [9.17, 15) is 0 Å². The summed E-state index contributed by atoms with van der Waals surface area (Å²) < 4.78 is 2.12. The van der Waals surface area contributed by atoms with Gasteiger partial charge in [0.25, 0.3) is 0 Å². The Morgan fingerprint density at radius 2 is 1.29 bits per heavy atom. The van der Waals surface area contributed by atoms with Gasteiger partial charge in [0.15, 0.2) is 0 Å². The molecule has 0 aliphatic rings. The lowest BCUT2D eigenvalue weighted by Gasteiger charge is -2.23. The van der Waals surface area contributed by atoms with Gasteiger partial charge in [0.2, 0.25) is 0 Å². The van der Waals surface area contributed by atoms with Crippen LogP contribution >= 0.6 is 0 Å². The minimum absolute atomic E-state index is 0.788. The molecular weight excluding hydrogens is 472 g/mol. The number of rotatable bonds is 18. The van der Waals surface area contributed by atoms with E-state index in [4.69, 9.17) is 0 Å². The molecule has 0 saturated carbocycles. The van der Waals surface area contributed by atoms with Crippen LogP contribution in [-0.4, -0.2) is 57.1 Å². The molecule has 0 unspecified atom stereocenters. The third-order valence-corrected chi connectivity index (χ3v) is 6.36. The highest BCUT2D eigenvalue weighted by atomic mass is 15.2. The molecule has 4 aromatic rings. The summed E-state index contributed by atoms with van der Waals surface area (Å²) in [5, 5.41) is 10.6. The lowest BCUT2D eigenvalue weighted by atomic mass is 10.1. The van der Waals surface area contributed by atoms with Crippen LogP contribution in [0, 0.1) is 0 Å². The Bertz CT molecular complexity index is 1070. The lowest BCUT2D eigenvalue weighted by molar-refractivity contribution is 0.263. The van der Waals surface area contributed by atoms with Crippen molar-refractivity contribution in [1.29, 1.82) is 0 Å². The second kappa shape index (κ2) is 16.4. The van der Waals surface area contributed by atoms with E-state index >= 15 is 0 Å². The van der Waals surface area contributed by atoms with E-state index in [0.717, 1.165) is 83.3 Å². The number of benzene rings is 1. The standard InChI is InChI=1S/C30H40N8/c1-3-13-35-29(6-1)23-32-15-19-37(20-16-33-24-30-7-2-4-14-36-30)25-28-10-8-27(9-11-28)22-31-12-5-18-38-21-17-34-26-38/h1-4,6-11,13-14,17,21,26,31-33H,5,12,15-16,18-20,22-25H2. The Labute approximate surface area is 226 Å². The highest BCUT2D eigenvalue weighted by Crippen LogP contribution is 2.08. The molecule has 0 atom stereocenters. The third-order valence-electron chi connectivity index (χ3n) is 6.36. The van der Waals surface area contributed by atoms with Gasteiger partial charge < -0.3 is 20.5 Å². The van der Waals surface area contributed by atoms with Crippen molar-refractivity contribution < 1.29 is 0 Å².